The van der Waals surface area contributed by atoms with E-state index < -0.39 is 11.6 Å². The molecule has 8 nitrogen and oxygen atoms in total. The second kappa shape index (κ2) is 13.0. The molecule has 1 aliphatic rings. The number of hydrogen-bond donors (Lipinski definition) is 4. The molecule has 44 heavy (non-hydrogen) atoms. The molecule has 4 aromatic carbocycles. The van der Waals surface area contributed by atoms with Crippen molar-refractivity contribution in [2.24, 2.45) is 0 Å². The maximum Gasteiger partial charge on any atom is 0.196 e. The van der Waals surface area contributed by atoms with Crippen LogP contribution < -0.4 is 20.9 Å². The summed E-state index contributed by atoms with van der Waals surface area (Å²) in [6.07, 6.45) is 3.98. The van der Waals surface area contributed by atoms with Gasteiger partial charge in [-0.1, -0.05) is 26.7 Å². The van der Waals surface area contributed by atoms with Crippen molar-refractivity contribution in [3.63, 3.8) is 0 Å². The highest BCUT2D eigenvalue weighted by Gasteiger charge is 2.35. The summed E-state index contributed by atoms with van der Waals surface area (Å²) in [5, 5.41) is 17.6. The Morgan fingerprint density at radius 1 is 0.591 bits per heavy atom. The first-order chi connectivity index (χ1) is 21.3. The van der Waals surface area contributed by atoms with Gasteiger partial charge >= 0.3 is 0 Å². The molecule has 1 aliphatic carbocycles. The molecule has 8 heteroatoms. The maximum atomic E-state index is 13.8. The van der Waals surface area contributed by atoms with Gasteiger partial charge in [-0.15, -0.1) is 0 Å². The Bertz CT molecular complexity index is 1630. The van der Waals surface area contributed by atoms with Gasteiger partial charge in [-0.05, 0) is 85.6 Å². The molecule has 0 unspecified atom stereocenters. The Labute approximate surface area is 257 Å². The normalized spacial score (nSPS) is 12.0. The van der Waals surface area contributed by atoms with Crippen LogP contribution in [0.25, 0.3) is 0 Å². The highest BCUT2D eigenvalue weighted by molar-refractivity contribution is 6.34. The fraction of sp³-hybridized carbons (Fsp3) is 0.222. The number of nitrogens with two attached hydrogens (primary N) is 2. The van der Waals surface area contributed by atoms with Gasteiger partial charge in [-0.3, -0.25) is 20.4 Å². The van der Waals surface area contributed by atoms with E-state index in [1.54, 1.807) is 60.7 Å². The van der Waals surface area contributed by atoms with Gasteiger partial charge in [0.15, 0.2) is 11.6 Å². The number of fused-ring (bicyclic) bond motifs is 2. The molecule has 0 saturated heterocycles. The lowest BCUT2D eigenvalue weighted by atomic mass is 9.79. The summed E-state index contributed by atoms with van der Waals surface area (Å²) in [7, 11) is 0. The monoisotopic (exact) mass is 588 g/mol. The maximum absolute atomic E-state index is 13.8. The van der Waals surface area contributed by atoms with Gasteiger partial charge < -0.3 is 20.9 Å². The quantitative estimate of drug-likeness (QED) is 0.0713. The SMILES string of the molecule is CCCCOc1ccc(C(=N)c2ccc3c(c2N)C(=O)c2ccc(C(=N)c4ccc(OCCCC)cc4)c(N)c2C3=O)cc1. The number of carbonyl (C=O) groups is 2. The van der Waals surface area contributed by atoms with Crippen molar-refractivity contribution >= 4 is 34.4 Å². The number of benzene rings is 4. The molecular weight excluding hydrogens is 552 g/mol. The van der Waals surface area contributed by atoms with Crippen molar-refractivity contribution in [1.82, 2.24) is 0 Å². The lowest BCUT2D eigenvalue weighted by molar-refractivity contribution is 0.0980. The summed E-state index contributed by atoms with van der Waals surface area (Å²) in [6, 6.07) is 20.5. The van der Waals surface area contributed by atoms with E-state index in [0.29, 0.717) is 47.0 Å². The van der Waals surface area contributed by atoms with Crippen LogP contribution in [0, 0.1) is 10.8 Å². The van der Waals surface area contributed by atoms with Gasteiger partial charge in [0.2, 0.25) is 0 Å². The van der Waals surface area contributed by atoms with E-state index in [1.165, 1.54) is 12.1 Å². The molecule has 0 bridgehead atoms. The van der Waals surface area contributed by atoms with Crippen LogP contribution in [0.15, 0.2) is 72.8 Å². The number of carbonyl (C=O) groups excluding carboxylic acids is 2. The number of unbranched alkanes of at least 4 members (excludes halogenated alkanes) is 2. The van der Waals surface area contributed by atoms with Gasteiger partial charge in [0.1, 0.15) is 11.5 Å². The Kier molecular flexibility index (Phi) is 8.90. The molecule has 0 spiro atoms. The Hall–Kier alpha value is -5.24. The van der Waals surface area contributed by atoms with E-state index in [0.717, 1.165) is 25.7 Å². The summed E-state index contributed by atoms with van der Waals surface area (Å²) >= 11 is 0. The second-order valence-electron chi connectivity index (χ2n) is 10.8. The Morgan fingerprint density at radius 2 is 0.955 bits per heavy atom. The van der Waals surface area contributed by atoms with Crippen molar-refractivity contribution in [1.29, 1.82) is 10.8 Å². The van der Waals surface area contributed by atoms with Crippen molar-refractivity contribution in [2.75, 3.05) is 24.7 Å². The minimum absolute atomic E-state index is 0.0603. The van der Waals surface area contributed by atoms with Crippen LogP contribution in [-0.4, -0.2) is 36.2 Å². The zero-order valence-corrected chi connectivity index (χ0v) is 25.0. The average Bonchev–Trinajstić information content (AvgIpc) is 3.03. The number of ketones is 2. The van der Waals surface area contributed by atoms with Crippen LogP contribution in [0.2, 0.25) is 0 Å². The third-order valence-electron chi connectivity index (χ3n) is 7.79. The van der Waals surface area contributed by atoms with E-state index in [-0.39, 0.29) is 45.1 Å². The zero-order chi connectivity index (χ0) is 31.4. The van der Waals surface area contributed by atoms with Crippen molar-refractivity contribution in [2.45, 2.75) is 39.5 Å². The number of hydrogen-bond acceptors (Lipinski definition) is 8. The first-order valence-corrected chi connectivity index (χ1v) is 14.8. The van der Waals surface area contributed by atoms with E-state index >= 15 is 0 Å². The molecule has 0 atom stereocenters. The minimum Gasteiger partial charge on any atom is -0.494 e. The molecule has 4 aromatic rings. The standard InChI is InChI=1S/C36H36N4O4/c1-3-5-19-43-23-11-7-21(8-12-23)31(37)27-17-15-25-29(33(27)39)35(41)26-16-18-28(34(40)30(26)36(25)42)32(38)22-9-13-24(14-10-22)44-20-6-4-2/h7-18,37-38H,3-6,19-20,39-40H2,1-2H3. The molecule has 0 fully saturated rings. The summed E-state index contributed by atoms with van der Waals surface area (Å²) in [5.41, 5.74) is 15.6. The number of anilines is 2. The molecule has 6 N–H and O–H groups in total. The Morgan fingerprint density at radius 3 is 1.30 bits per heavy atom. The molecule has 5 rings (SSSR count). The first kappa shape index (κ1) is 30.2. The molecular formula is C36H36N4O4. The van der Waals surface area contributed by atoms with E-state index in [1.807, 2.05) is 0 Å². The summed E-state index contributed by atoms with van der Waals surface area (Å²) in [4.78, 5) is 27.5. The van der Waals surface area contributed by atoms with E-state index in [2.05, 4.69) is 13.8 Å². The Balaban J connectivity index is 1.42. The molecule has 0 heterocycles. The fourth-order valence-corrected chi connectivity index (χ4v) is 5.23. The fourth-order valence-electron chi connectivity index (χ4n) is 5.23. The third-order valence-corrected chi connectivity index (χ3v) is 7.79. The average molecular weight is 589 g/mol. The summed E-state index contributed by atoms with van der Waals surface area (Å²) in [5.74, 6) is 0.535. The van der Waals surface area contributed by atoms with Crippen LogP contribution in [0.5, 0.6) is 11.5 Å². The summed E-state index contributed by atoms with van der Waals surface area (Å²) < 4.78 is 11.4. The third kappa shape index (κ3) is 5.71. The summed E-state index contributed by atoms with van der Waals surface area (Å²) in [6.45, 7) is 5.44. The predicted octanol–water partition coefficient (Wildman–Crippen LogP) is 6.82. The first-order valence-electron chi connectivity index (χ1n) is 14.8. The van der Waals surface area contributed by atoms with E-state index in [9.17, 15) is 9.59 Å². The molecule has 0 saturated carbocycles. The van der Waals surface area contributed by atoms with Gasteiger partial charge in [0.05, 0.1) is 47.1 Å². The lowest BCUT2D eigenvalue weighted by Crippen LogP contribution is -2.26. The highest BCUT2D eigenvalue weighted by Crippen LogP contribution is 2.37. The predicted molar refractivity (Wildman–Crippen MR) is 174 cm³/mol. The van der Waals surface area contributed by atoms with Gasteiger partial charge in [-0.25, -0.2) is 0 Å². The van der Waals surface area contributed by atoms with Crippen LogP contribution >= 0.6 is 0 Å². The van der Waals surface area contributed by atoms with Gasteiger partial charge in [0.25, 0.3) is 0 Å². The highest BCUT2D eigenvalue weighted by atomic mass is 16.5. The topological polar surface area (TPSA) is 152 Å². The number of rotatable bonds is 12. The molecule has 0 aromatic heterocycles. The van der Waals surface area contributed by atoms with Crippen LogP contribution in [0.1, 0.15) is 93.6 Å². The molecule has 0 amide bonds. The second-order valence-corrected chi connectivity index (χ2v) is 10.8. The van der Waals surface area contributed by atoms with Gasteiger partial charge in [0, 0.05) is 33.4 Å². The van der Waals surface area contributed by atoms with E-state index in [4.69, 9.17) is 31.8 Å². The minimum atomic E-state index is -0.445. The van der Waals surface area contributed by atoms with Crippen molar-refractivity contribution < 1.29 is 19.1 Å². The van der Waals surface area contributed by atoms with Gasteiger partial charge in [-0.2, -0.15) is 0 Å². The largest absolute Gasteiger partial charge is 0.494 e. The van der Waals surface area contributed by atoms with Crippen LogP contribution in [0.3, 0.4) is 0 Å². The van der Waals surface area contributed by atoms with Crippen molar-refractivity contribution in [3.05, 3.63) is 117 Å². The molecule has 0 radical (unpaired) electrons. The smallest absolute Gasteiger partial charge is 0.196 e. The molecule has 224 valence electrons. The van der Waals surface area contributed by atoms with Crippen molar-refractivity contribution in [3.8, 4) is 11.5 Å². The number of ether oxygens (including phenoxy) is 2. The number of nitrogens with one attached hydrogen (secondary N) is 2. The number of nitrogen functional groups attached to an aromatic ring is 2. The lowest BCUT2D eigenvalue weighted by Gasteiger charge is -2.23. The van der Waals surface area contributed by atoms with Crippen LogP contribution in [0.4, 0.5) is 11.4 Å². The zero-order valence-electron chi connectivity index (χ0n) is 25.0. The van der Waals surface area contributed by atoms with Crippen LogP contribution in [-0.2, 0) is 0 Å². The molecule has 0 aliphatic heterocycles.